The van der Waals surface area contributed by atoms with Crippen LogP contribution in [0.5, 0.6) is 0 Å². The van der Waals surface area contributed by atoms with Gasteiger partial charge in [-0.1, -0.05) is 29.3 Å². The summed E-state index contributed by atoms with van der Waals surface area (Å²) >= 11 is 11.8. The first-order valence-electron chi connectivity index (χ1n) is 7.28. The Morgan fingerprint density at radius 3 is 2.52 bits per heavy atom. The number of nitrogens with zero attached hydrogens (tertiary/aromatic N) is 2. The summed E-state index contributed by atoms with van der Waals surface area (Å²) in [6.45, 7) is 0.00111. The van der Waals surface area contributed by atoms with E-state index in [0.29, 0.717) is 27.0 Å². The number of anilines is 1. The van der Waals surface area contributed by atoms with Crippen LogP contribution in [0, 0.1) is 0 Å². The standard InChI is InChI=1S/C16H10Cl2N4O3/c17-9-2-3-11-10(5-9)16(13(23)20-11)14(24)21-15(25)22(16)7-8-1-4-12(18)19-6-8/h1-6H,7H2,(H,20,23)(H,21,24,25)/t16-/m1/s1. The second kappa shape index (κ2) is 5.44. The molecule has 0 aliphatic carbocycles. The Balaban J connectivity index is 1.85. The van der Waals surface area contributed by atoms with Gasteiger partial charge in [-0.3, -0.25) is 19.8 Å². The normalized spacial score (nSPS) is 21.5. The molecule has 0 bridgehead atoms. The molecule has 1 spiro atoms. The third-order valence-corrected chi connectivity index (χ3v) is 4.74. The lowest BCUT2D eigenvalue weighted by molar-refractivity contribution is -0.137. The van der Waals surface area contributed by atoms with Crippen molar-refractivity contribution in [3.63, 3.8) is 0 Å². The van der Waals surface area contributed by atoms with Gasteiger partial charge in [0.25, 0.3) is 11.8 Å². The first-order valence-corrected chi connectivity index (χ1v) is 8.03. The number of imide groups is 1. The van der Waals surface area contributed by atoms with Crippen LogP contribution >= 0.6 is 23.2 Å². The highest BCUT2D eigenvalue weighted by molar-refractivity contribution is 6.32. The van der Waals surface area contributed by atoms with Gasteiger partial charge in [-0.15, -0.1) is 0 Å². The molecule has 4 amide bonds. The summed E-state index contributed by atoms with van der Waals surface area (Å²) in [5.41, 5.74) is -0.387. The van der Waals surface area contributed by atoms with Crippen molar-refractivity contribution in [3.8, 4) is 0 Å². The van der Waals surface area contributed by atoms with Crippen LogP contribution in [-0.2, 0) is 21.7 Å². The molecule has 2 aromatic rings. The van der Waals surface area contributed by atoms with Crippen LogP contribution in [0.4, 0.5) is 10.5 Å². The predicted molar refractivity (Wildman–Crippen MR) is 90.1 cm³/mol. The number of benzene rings is 1. The van der Waals surface area contributed by atoms with Crippen molar-refractivity contribution in [2.45, 2.75) is 12.1 Å². The number of carbonyl (C=O) groups excluding carboxylic acids is 3. The molecule has 0 saturated carbocycles. The Morgan fingerprint density at radius 2 is 1.80 bits per heavy atom. The molecule has 1 aromatic heterocycles. The van der Waals surface area contributed by atoms with E-state index in [1.165, 1.54) is 17.2 Å². The number of nitrogens with one attached hydrogen (secondary N) is 2. The fourth-order valence-corrected chi connectivity index (χ4v) is 3.44. The zero-order valence-electron chi connectivity index (χ0n) is 12.5. The summed E-state index contributed by atoms with van der Waals surface area (Å²) < 4.78 is 0. The van der Waals surface area contributed by atoms with Crippen LogP contribution in [-0.4, -0.2) is 27.7 Å². The summed E-state index contributed by atoms with van der Waals surface area (Å²) in [4.78, 5) is 42.9. The van der Waals surface area contributed by atoms with E-state index in [-0.39, 0.29) is 6.54 Å². The quantitative estimate of drug-likeness (QED) is 0.477. The van der Waals surface area contributed by atoms with Crippen molar-refractivity contribution in [2.75, 3.05) is 5.32 Å². The van der Waals surface area contributed by atoms with Crippen LogP contribution in [0.25, 0.3) is 0 Å². The summed E-state index contributed by atoms with van der Waals surface area (Å²) in [6.07, 6.45) is 1.48. The average molecular weight is 377 g/mol. The number of urea groups is 1. The molecular formula is C16H10Cl2N4O3. The molecule has 1 aromatic carbocycles. The number of halogens is 2. The minimum Gasteiger partial charge on any atom is -0.323 e. The number of hydrogen-bond acceptors (Lipinski definition) is 4. The first-order chi connectivity index (χ1) is 11.9. The zero-order chi connectivity index (χ0) is 17.8. The second-order valence-corrected chi connectivity index (χ2v) is 6.51. The highest BCUT2D eigenvalue weighted by Crippen LogP contribution is 2.44. The van der Waals surface area contributed by atoms with Crippen molar-refractivity contribution in [3.05, 3.63) is 57.8 Å². The van der Waals surface area contributed by atoms with Crippen LogP contribution in [0.2, 0.25) is 10.2 Å². The number of pyridine rings is 1. The van der Waals surface area contributed by atoms with Gasteiger partial charge in [0.05, 0.1) is 6.54 Å². The van der Waals surface area contributed by atoms with Gasteiger partial charge in [0.2, 0.25) is 5.54 Å². The Labute approximate surface area is 151 Å². The van der Waals surface area contributed by atoms with Crippen LogP contribution < -0.4 is 10.6 Å². The molecule has 7 nitrogen and oxygen atoms in total. The number of hydrogen-bond donors (Lipinski definition) is 2. The molecule has 3 heterocycles. The molecule has 4 rings (SSSR count). The summed E-state index contributed by atoms with van der Waals surface area (Å²) in [5, 5.41) is 5.52. The monoisotopic (exact) mass is 376 g/mol. The predicted octanol–water partition coefficient (Wildman–Crippen LogP) is 2.29. The van der Waals surface area contributed by atoms with Crippen molar-refractivity contribution in [1.29, 1.82) is 0 Å². The Bertz CT molecular complexity index is 931. The maximum absolute atomic E-state index is 12.7. The molecular weight excluding hydrogens is 367 g/mol. The number of aromatic nitrogens is 1. The molecule has 2 aliphatic rings. The Kier molecular flexibility index (Phi) is 3.45. The lowest BCUT2D eigenvalue weighted by Crippen LogP contribution is -2.51. The van der Waals surface area contributed by atoms with E-state index in [1.54, 1.807) is 24.3 Å². The topological polar surface area (TPSA) is 91.4 Å². The van der Waals surface area contributed by atoms with E-state index < -0.39 is 23.4 Å². The highest BCUT2D eigenvalue weighted by Gasteiger charge is 2.63. The zero-order valence-corrected chi connectivity index (χ0v) is 14.1. The highest BCUT2D eigenvalue weighted by atomic mass is 35.5. The number of rotatable bonds is 2. The third kappa shape index (κ3) is 2.20. The molecule has 25 heavy (non-hydrogen) atoms. The molecule has 0 unspecified atom stereocenters. The van der Waals surface area contributed by atoms with Gasteiger partial charge < -0.3 is 5.32 Å². The number of fused-ring (bicyclic) bond motifs is 2. The van der Waals surface area contributed by atoms with E-state index in [1.807, 2.05) is 0 Å². The number of carbonyl (C=O) groups is 3. The van der Waals surface area contributed by atoms with Crippen LogP contribution in [0.3, 0.4) is 0 Å². The van der Waals surface area contributed by atoms with E-state index in [0.717, 1.165) is 0 Å². The van der Waals surface area contributed by atoms with Crippen LogP contribution in [0.1, 0.15) is 11.1 Å². The summed E-state index contributed by atoms with van der Waals surface area (Å²) in [6, 6.07) is 7.29. The minimum absolute atomic E-state index is 0.00111. The van der Waals surface area contributed by atoms with Gasteiger partial charge in [0, 0.05) is 22.5 Å². The summed E-state index contributed by atoms with van der Waals surface area (Å²) in [7, 11) is 0. The minimum atomic E-state index is -1.79. The maximum atomic E-state index is 12.7. The van der Waals surface area contributed by atoms with Gasteiger partial charge in [0.1, 0.15) is 5.15 Å². The van der Waals surface area contributed by atoms with Crippen molar-refractivity contribution >= 4 is 46.7 Å². The fourth-order valence-electron chi connectivity index (χ4n) is 3.16. The first kappa shape index (κ1) is 15.9. The molecule has 9 heteroatoms. The smallest absolute Gasteiger partial charge is 0.323 e. The van der Waals surface area contributed by atoms with Crippen LogP contribution in [0.15, 0.2) is 36.5 Å². The van der Waals surface area contributed by atoms with Gasteiger partial charge in [-0.05, 0) is 29.8 Å². The lowest BCUT2D eigenvalue weighted by Gasteiger charge is -2.29. The van der Waals surface area contributed by atoms with Crippen molar-refractivity contribution in [2.24, 2.45) is 0 Å². The fraction of sp³-hybridized carbons (Fsp3) is 0.125. The largest absolute Gasteiger partial charge is 0.326 e. The molecule has 1 fully saturated rings. The number of amides is 4. The van der Waals surface area contributed by atoms with E-state index >= 15 is 0 Å². The second-order valence-electron chi connectivity index (χ2n) is 5.69. The average Bonchev–Trinajstić information content (AvgIpc) is 2.99. The molecule has 0 radical (unpaired) electrons. The van der Waals surface area contributed by atoms with E-state index in [9.17, 15) is 14.4 Å². The van der Waals surface area contributed by atoms with Gasteiger partial charge >= 0.3 is 6.03 Å². The molecule has 2 aliphatic heterocycles. The molecule has 126 valence electrons. The maximum Gasteiger partial charge on any atom is 0.326 e. The molecule has 1 atom stereocenters. The molecule has 2 N–H and O–H groups in total. The Morgan fingerprint density at radius 1 is 1.04 bits per heavy atom. The SMILES string of the molecule is O=C1NC(=O)[C@@]2(C(=O)Nc3ccc(Cl)cc32)N1Cc1ccc(Cl)nc1. The van der Waals surface area contributed by atoms with E-state index in [2.05, 4.69) is 15.6 Å². The molecule has 1 saturated heterocycles. The van der Waals surface area contributed by atoms with Gasteiger partial charge in [-0.2, -0.15) is 0 Å². The van der Waals surface area contributed by atoms with Crippen molar-refractivity contribution < 1.29 is 14.4 Å². The van der Waals surface area contributed by atoms with E-state index in [4.69, 9.17) is 23.2 Å². The third-order valence-electron chi connectivity index (χ3n) is 4.28. The lowest BCUT2D eigenvalue weighted by atomic mass is 9.89. The van der Waals surface area contributed by atoms with Gasteiger partial charge in [-0.25, -0.2) is 9.78 Å². The van der Waals surface area contributed by atoms with Gasteiger partial charge in [0.15, 0.2) is 0 Å². The summed E-state index contributed by atoms with van der Waals surface area (Å²) in [5.74, 6) is -1.31. The van der Waals surface area contributed by atoms with Crippen molar-refractivity contribution in [1.82, 2.24) is 15.2 Å². The Hall–Kier alpha value is -2.64.